The fraction of sp³-hybridized carbons (Fsp3) is 0.0833. The molecular formula is C12H12N2O5. The summed E-state index contributed by atoms with van der Waals surface area (Å²) in [6.45, 7) is -0.229. The number of carbonyl (C=O) groups is 3. The van der Waals surface area contributed by atoms with E-state index in [9.17, 15) is 14.4 Å². The molecule has 0 bridgehead atoms. The largest absolute Gasteiger partial charge is 0.484 e. The quantitative estimate of drug-likeness (QED) is 0.631. The Morgan fingerprint density at radius 1 is 1.21 bits per heavy atom. The molecule has 1 aromatic carbocycles. The molecule has 0 unspecified atom stereocenters. The van der Waals surface area contributed by atoms with Gasteiger partial charge in [-0.25, -0.2) is 4.79 Å². The topological polar surface area (TPSA) is 119 Å². The molecule has 19 heavy (non-hydrogen) atoms. The fourth-order valence-electron chi connectivity index (χ4n) is 1.12. The first-order valence-corrected chi connectivity index (χ1v) is 5.20. The summed E-state index contributed by atoms with van der Waals surface area (Å²) >= 11 is 0. The highest BCUT2D eigenvalue weighted by Gasteiger charge is 2.01. The van der Waals surface area contributed by atoms with E-state index in [4.69, 9.17) is 15.6 Å². The Kier molecular flexibility index (Phi) is 5.09. The monoisotopic (exact) mass is 264 g/mol. The lowest BCUT2D eigenvalue weighted by atomic mass is 10.3. The van der Waals surface area contributed by atoms with Gasteiger partial charge < -0.3 is 20.9 Å². The molecule has 0 aliphatic heterocycles. The maximum Gasteiger partial charge on any atom is 0.328 e. The molecule has 4 N–H and O–H groups in total. The average molecular weight is 264 g/mol. The van der Waals surface area contributed by atoms with Gasteiger partial charge in [0.25, 0.3) is 5.91 Å². The summed E-state index contributed by atoms with van der Waals surface area (Å²) < 4.78 is 5.03. The lowest BCUT2D eigenvalue weighted by Crippen LogP contribution is -2.20. The van der Waals surface area contributed by atoms with Crippen LogP contribution in [0.15, 0.2) is 36.4 Å². The van der Waals surface area contributed by atoms with Crippen molar-refractivity contribution in [3.63, 3.8) is 0 Å². The molecule has 0 saturated heterocycles. The minimum atomic E-state index is -1.20. The highest BCUT2D eigenvalue weighted by molar-refractivity contribution is 6.02. The summed E-state index contributed by atoms with van der Waals surface area (Å²) in [7, 11) is 0. The number of nitrogens with two attached hydrogens (primary N) is 1. The van der Waals surface area contributed by atoms with Crippen LogP contribution in [0.25, 0.3) is 0 Å². The Bertz CT molecular complexity index is 507. The molecule has 0 aliphatic carbocycles. The van der Waals surface area contributed by atoms with Gasteiger partial charge in [0.05, 0.1) is 0 Å². The Morgan fingerprint density at radius 3 is 2.37 bits per heavy atom. The van der Waals surface area contributed by atoms with Crippen molar-refractivity contribution in [3.05, 3.63) is 36.4 Å². The Balaban J connectivity index is 2.54. The molecule has 0 spiro atoms. The number of primary amides is 1. The number of hydrogen-bond acceptors (Lipinski definition) is 4. The Morgan fingerprint density at radius 2 is 1.84 bits per heavy atom. The molecule has 7 heteroatoms. The zero-order valence-electron chi connectivity index (χ0n) is 9.83. The van der Waals surface area contributed by atoms with E-state index in [0.29, 0.717) is 11.4 Å². The number of amides is 2. The number of carboxylic acids is 1. The molecule has 2 amide bonds. The minimum absolute atomic E-state index is 0.229. The van der Waals surface area contributed by atoms with Crippen molar-refractivity contribution >= 4 is 23.5 Å². The SMILES string of the molecule is NC(=O)COc1ccc(NC(=O)/C=C/C(=O)O)cc1. The summed E-state index contributed by atoms with van der Waals surface area (Å²) in [4.78, 5) is 32.0. The first-order chi connectivity index (χ1) is 8.97. The third-order valence-corrected chi connectivity index (χ3v) is 1.88. The first kappa shape index (κ1) is 14.2. The Labute approximate surface area is 108 Å². The van der Waals surface area contributed by atoms with E-state index >= 15 is 0 Å². The van der Waals surface area contributed by atoms with Crippen molar-refractivity contribution in [2.75, 3.05) is 11.9 Å². The van der Waals surface area contributed by atoms with Crippen LogP contribution in [0.2, 0.25) is 0 Å². The van der Waals surface area contributed by atoms with Gasteiger partial charge in [0.2, 0.25) is 5.91 Å². The van der Waals surface area contributed by atoms with Gasteiger partial charge in [-0.3, -0.25) is 9.59 Å². The van der Waals surface area contributed by atoms with E-state index in [1.807, 2.05) is 0 Å². The fourth-order valence-corrected chi connectivity index (χ4v) is 1.12. The van der Waals surface area contributed by atoms with E-state index in [1.165, 1.54) is 0 Å². The second kappa shape index (κ2) is 6.80. The predicted octanol–water partition coefficient (Wildman–Crippen LogP) is 0.130. The molecule has 0 fully saturated rings. The van der Waals surface area contributed by atoms with Crippen molar-refractivity contribution < 1.29 is 24.2 Å². The number of ether oxygens (including phenoxy) is 1. The molecule has 0 radical (unpaired) electrons. The second-order valence-corrected chi connectivity index (χ2v) is 3.44. The third-order valence-electron chi connectivity index (χ3n) is 1.88. The van der Waals surface area contributed by atoms with E-state index in [0.717, 1.165) is 12.2 Å². The van der Waals surface area contributed by atoms with Gasteiger partial charge in [-0.1, -0.05) is 0 Å². The van der Waals surface area contributed by atoms with Crippen molar-refractivity contribution in [3.8, 4) is 5.75 Å². The molecule has 0 saturated carbocycles. The Hall–Kier alpha value is -2.83. The van der Waals surface area contributed by atoms with Gasteiger partial charge in [0, 0.05) is 17.8 Å². The molecule has 0 heterocycles. The third kappa shape index (κ3) is 5.87. The number of hydrogen-bond donors (Lipinski definition) is 3. The van der Waals surface area contributed by atoms with Crippen molar-refractivity contribution in [1.29, 1.82) is 0 Å². The maximum atomic E-state index is 11.3. The number of rotatable bonds is 6. The van der Waals surface area contributed by atoms with Gasteiger partial charge in [-0.05, 0) is 24.3 Å². The number of aliphatic carboxylic acids is 1. The van der Waals surface area contributed by atoms with Gasteiger partial charge in [-0.2, -0.15) is 0 Å². The van der Waals surface area contributed by atoms with Crippen LogP contribution in [0, 0.1) is 0 Å². The van der Waals surface area contributed by atoms with Crippen molar-refractivity contribution in [2.45, 2.75) is 0 Å². The highest BCUT2D eigenvalue weighted by Crippen LogP contribution is 2.15. The number of benzene rings is 1. The van der Waals surface area contributed by atoms with Gasteiger partial charge in [0.15, 0.2) is 6.61 Å². The number of nitrogens with one attached hydrogen (secondary N) is 1. The van der Waals surface area contributed by atoms with Crippen molar-refractivity contribution in [1.82, 2.24) is 0 Å². The summed E-state index contributed by atoms with van der Waals surface area (Å²) in [5.74, 6) is -1.92. The molecule has 0 aliphatic rings. The van der Waals surface area contributed by atoms with Crippen LogP contribution in [0.5, 0.6) is 5.75 Å². The normalized spacial score (nSPS) is 10.1. The van der Waals surface area contributed by atoms with Crippen molar-refractivity contribution in [2.24, 2.45) is 5.73 Å². The molecule has 1 rings (SSSR count). The molecule has 100 valence electrons. The molecule has 1 aromatic rings. The number of anilines is 1. The summed E-state index contributed by atoms with van der Waals surface area (Å²) in [5, 5.41) is 10.8. The van der Waals surface area contributed by atoms with Crippen LogP contribution in [0.4, 0.5) is 5.69 Å². The highest BCUT2D eigenvalue weighted by atomic mass is 16.5. The first-order valence-electron chi connectivity index (χ1n) is 5.20. The molecule has 7 nitrogen and oxygen atoms in total. The van der Waals surface area contributed by atoms with Gasteiger partial charge >= 0.3 is 5.97 Å². The molecule has 0 atom stereocenters. The maximum absolute atomic E-state index is 11.3. The lowest BCUT2D eigenvalue weighted by molar-refractivity contribution is -0.131. The second-order valence-electron chi connectivity index (χ2n) is 3.44. The van der Waals surface area contributed by atoms with Gasteiger partial charge in [0.1, 0.15) is 5.75 Å². The average Bonchev–Trinajstić information content (AvgIpc) is 2.35. The number of carboxylic acid groups (broad SMARTS) is 1. The van der Waals surface area contributed by atoms with E-state index in [2.05, 4.69) is 5.32 Å². The number of carbonyl (C=O) groups excluding carboxylic acids is 2. The van der Waals surface area contributed by atoms with Crippen LogP contribution in [-0.2, 0) is 14.4 Å². The molecular weight excluding hydrogens is 252 g/mol. The van der Waals surface area contributed by atoms with Crippen LogP contribution < -0.4 is 15.8 Å². The summed E-state index contributed by atoms with van der Waals surface area (Å²) in [5.41, 5.74) is 5.38. The van der Waals surface area contributed by atoms with E-state index in [-0.39, 0.29) is 6.61 Å². The smallest absolute Gasteiger partial charge is 0.328 e. The van der Waals surface area contributed by atoms with E-state index in [1.54, 1.807) is 24.3 Å². The lowest BCUT2D eigenvalue weighted by Gasteiger charge is -2.05. The summed E-state index contributed by atoms with van der Waals surface area (Å²) in [6.07, 6.45) is 1.64. The van der Waals surface area contributed by atoms with Crippen LogP contribution in [-0.4, -0.2) is 29.5 Å². The standard InChI is InChI=1S/C12H12N2O5/c13-10(15)7-19-9-3-1-8(2-4-9)14-11(16)5-6-12(17)18/h1-6H,7H2,(H2,13,15)(H,14,16)(H,17,18)/b6-5+. The minimum Gasteiger partial charge on any atom is -0.484 e. The predicted molar refractivity (Wildman–Crippen MR) is 66.5 cm³/mol. The zero-order chi connectivity index (χ0) is 14.3. The van der Waals surface area contributed by atoms with Crippen LogP contribution >= 0.6 is 0 Å². The van der Waals surface area contributed by atoms with Gasteiger partial charge in [-0.15, -0.1) is 0 Å². The summed E-state index contributed by atoms with van der Waals surface area (Å²) in [6, 6.07) is 6.17. The van der Waals surface area contributed by atoms with E-state index < -0.39 is 17.8 Å². The molecule has 0 aromatic heterocycles. The van der Waals surface area contributed by atoms with Crippen LogP contribution in [0.3, 0.4) is 0 Å². The van der Waals surface area contributed by atoms with Crippen LogP contribution in [0.1, 0.15) is 0 Å². The zero-order valence-corrected chi connectivity index (χ0v) is 9.83.